The van der Waals surface area contributed by atoms with E-state index in [1.807, 2.05) is 6.07 Å². The third kappa shape index (κ3) is 5.55. The van der Waals surface area contributed by atoms with Crippen molar-refractivity contribution in [1.29, 1.82) is 0 Å². The fourth-order valence-electron chi connectivity index (χ4n) is 4.84. The van der Waals surface area contributed by atoms with Crippen molar-refractivity contribution in [3.8, 4) is 17.2 Å². The van der Waals surface area contributed by atoms with Crippen molar-refractivity contribution < 1.29 is 14.3 Å². The Bertz CT molecular complexity index is 1520. The van der Waals surface area contributed by atoms with Crippen LogP contribution in [0.25, 0.3) is 16.6 Å². The van der Waals surface area contributed by atoms with E-state index in [9.17, 15) is 9.59 Å². The molecule has 1 amide bonds. The number of amides is 1. The van der Waals surface area contributed by atoms with Crippen LogP contribution in [0.3, 0.4) is 0 Å². The lowest BCUT2D eigenvalue weighted by Gasteiger charge is -2.16. The van der Waals surface area contributed by atoms with Crippen LogP contribution in [0.15, 0.2) is 70.6 Å². The van der Waals surface area contributed by atoms with Crippen LogP contribution in [0, 0.1) is 6.92 Å². The zero-order valence-electron chi connectivity index (χ0n) is 21.8. The Morgan fingerprint density at radius 2 is 1.76 bits per heavy atom. The van der Waals surface area contributed by atoms with Crippen LogP contribution in [-0.2, 0) is 5.75 Å². The third-order valence-electron chi connectivity index (χ3n) is 6.84. The molecular weight excluding hydrogens is 498 g/mol. The molecule has 0 radical (unpaired) electrons. The molecule has 0 aliphatic heterocycles. The van der Waals surface area contributed by atoms with Gasteiger partial charge in [0, 0.05) is 35.6 Å². The first-order valence-corrected chi connectivity index (χ1v) is 13.7. The van der Waals surface area contributed by atoms with E-state index in [-0.39, 0.29) is 17.5 Å². The van der Waals surface area contributed by atoms with Gasteiger partial charge in [-0.05, 0) is 43.5 Å². The van der Waals surface area contributed by atoms with Crippen molar-refractivity contribution >= 4 is 28.6 Å². The van der Waals surface area contributed by atoms with Crippen molar-refractivity contribution in [3.63, 3.8) is 0 Å². The molecule has 8 heteroatoms. The van der Waals surface area contributed by atoms with Crippen molar-refractivity contribution in [2.24, 2.45) is 0 Å². The number of ether oxygens (including phenoxy) is 2. The number of carbonyl (C=O) groups is 1. The van der Waals surface area contributed by atoms with E-state index in [1.165, 1.54) is 17.3 Å². The molecule has 1 fully saturated rings. The summed E-state index contributed by atoms with van der Waals surface area (Å²) in [6, 6.07) is 18.9. The van der Waals surface area contributed by atoms with Crippen molar-refractivity contribution in [1.82, 2.24) is 14.9 Å². The number of thioether (sulfide) groups is 1. The van der Waals surface area contributed by atoms with Gasteiger partial charge in [0.05, 0.1) is 30.8 Å². The van der Waals surface area contributed by atoms with Gasteiger partial charge < -0.3 is 14.8 Å². The number of fused-ring (bicyclic) bond motifs is 1. The molecule has 4 aromatic rings. The molecule has 1 aliphatic carbocycles. The molecule has 1 heterocycles. The maximum absolute atomic E-state index is 13.9. The third-order valence-corrected chi connectivity index (χ3v) is 7.85. The van der Waals surface area contributed by atoms with E-state index in [1.54, 1.807) is 55.2 Å². The van der Waals surface area contributed by atoms with Crippen molar-refractivity contribution in [3.05, 3.63) is 87.7 Å². The van der Waals surface area contributed by atoms with Crippen LogP contribution < -0.4 is 20.3 Å². The first-order chi connectivity index (χ1) is 18.4. The molecule has 0 spiro atoms. The van der Waals surface area contributed by atoms with E-state index in [0.29, 0.717) is 44.6 Å². The highest BCUT2D eigenvalue weighted by Crippen LogP contribution is 2.30. The molecule has 0 saturated heterocycles. The lowest BCUT2D eigenvalue weighted by Crippen LogP contribution is -2.32. The fourth-order valence-corrected chi connectivity index (χ4v) is 5.80. The number of nitrogens with one attached hydrogen (secondary N) is 1. The molecule has 1 saturated carbocycles. The van der Waals surface area contributed by atoms with Crippen LogP contribution in [0.4, 0.5) is 0 Å². The number of aryl methyl sites for hydroxylation is 1. The number of methoxy groups -OCH3 is 2. The molecule has 0 atom stereocenters. The number of hydrogen-bond acceptors (Lipinski definition) is 6. The normalized spacial score (nSPS) is 13.6. The topological polar surface area (TPSA) is 82.4 Å². The van der Waals surface area contributed by atoms with Gasteiger partial charge in [-0.25, -0.2) is 4.98 Å². The largest absolute Gasteiger partial charge is 0.497 e. The molecule has 5 rings (SSSR count). The highest BCUT2D eigenvalue weighted by Gasteiger charge is 2.20. The maximum atomic E-state index is 13.9. The Labute approximate surface area is 226 Å². The van der Waals surface area contributed by atoms with Gasteiger partial charge in [0.2, 0.25) is 0 Å². The predicted molar refractivity (Wildman–Crippen MR) is 151 cm³/mol. The van der Waals surface area contributed by atoms with Crippen LogP contribution in [0.1, 0.15) is 47.2 Å². The van der Waals surface area contributed by atoms with Crippen LogP contribution in [0.5, 0.6) is 11.5 Å². The average molecular weight is 530 g/mol. The van der Waals surface area contributed by atoms with Crippen LogP contribution in [-0.4, -0.2) is 35.7 Å². The summed E-state index contributed by atoms with van der Waals surface area (Å²) in [4.78, 5) is 31.7. The Morgan fingerprint density at radius 3 is 2.45 bits per heavy atom. The number of rotatable bonds is 8. The second-order valence-corrected chi connectivity index (χ2v) is 10.5. The summed E-state index contributed by atoms with van der Waals surface area (Å²) in [7, 11) is 3.15. The molecule has 38 heavy (non-hydrogen) atoms. The molecule has 0 bridgehead atoms. The smallest absolute Gasteiger partial charge is 0.266 e. The lowest BCUT2D eigenvalue weighted by molar-refractivity contribution is 0.0938. The van der Waals surface area contributed by atoms with Gasteiger partial charge in [0.1, 0.15) is 11.5 Å². The Balaban J connectivity index is 1.60. The van der Waals surface area contributed by atoms with Gasteiger partial charge >= 0.3 is 0 Å². The summed E-state index contributed by atoms with van der Waals surface area (Å²) in [5, 5.41) is 4.08. The fraction of sp³-hybridized carbons (Fsp3) is 0.300. The van der Waals surface area contributed by atoms with Crippen molar-refractivity contribution in [2.45, 2.75) is 49.6 Å². The number of hydrogen-bond donors (Lipinski definition) is 1. The first kappa shape index (κ1) is 25.9. The second-order valence-electron chi connectivity index (χ2n) is 9.57. The van der Waals surface area contributed by atoms with Crippen molar-refractivity contribution in [2.75, 3.05) is 14.2 Å². The van der Waals surface area contributed by atoms with Gasteiger partial charge in [0.15, 0.2) is 5.16 Å². The monoisotopic (exact) mass is 529 g/mol. The zero-order chi connectivity index (χ0) is 26.6. The lowest BCUT2D eigenvalue weighted by atomic mass is 10.1. The highest BCUT2D eigenvalue weighted by atomic mass is 32.2. The number of nitrogens with zero attached hydrogens (tertiary/aromatic N) is 2. The van der Waals surface area contributed by atoms with E-state index < -0.39 is 0 Å². The van der Waals surface area contributed by atoms with Gasteiger partial charge in [-0.1, -0.05) is 54.4 Å². The molecule has 196 valence electrons. The van der Waals surface area contributed by atoms with Gasteiger partial charge in [-0.2, -0.15) is 0 Å². The Hall–Kier alpha value is -3.78. The highest BCUT2D eigenvalue weighted by molar-refractivity contribution is 7.98. The Morgan fingerprint density at radius 1 is 1.03 bits per heavy atom. The molecule has 1 N–H and O–H groups in total. The zero-order valence-corrected chi connectivity index (χ0v) is 22.6. The summed E-state index contributed by atoms with van der Waals surface area (Å²) >= 11 is 1.47. The van der Waals surface area contributed by atoms with Gasteiger partial charge in [-0.15, -0.1) is 0 Å². The molecule has 1 aliphatic rings. The Kier molecular flexibility index (Phi) is 7.69. The molecule has 3 aromatic carbocycles. The predicted octanol–water partition coefficient (Wildman–Crippen LogP) is 5.68. The molecule has 0 unspecified atom stereocenters. The summed E-state index contributed by atoms with van der Waals surface area (Å²) in [5.41, 5.74) is 3.67. The number of carbonyl (C=O) groups excluding carboxylic acids is 1. The molecular formula is C30H31N3O4S. The minimum atomic E-state index is -0.222. The standard InChI is InChI=1S/C30H31N3O4S/c1-19-7-6-8-20(13-19)18-38-30-32-27-14-21(28(34)31-22-9-4-5-10-22)11-12-26(27)29(35)33(30)23-15-24(36-2)17-25(16-23)37-3/h6-8,11-17,22H,4-5,9-10,18H2,1-3H3,(H,31,34). The maximum Gasteiger partial charge on any atom is 0.266 e. The molecule has 7 nitrogen and oxygen atoms in total. The number of aromatic nitrogens is 2. The summed E-state index contributed by atoms with van der Waals surface area (Å²) in [5.74, 6) is 1.64. The van der Waals surface area contributed by atoms with E-state index in [2.05, 4.69) is 30.4 Å². The van der Waals surface area contributed by atoms with Gasteiger partial charge in [-0.3, -0.25) is 14.2 Å². The van der Waals surface area contributed by atoms with E-state index >= 15 is 0 Å². The van der Waals surface area contributed by atoms with Crippen LogP contribution >= 0.6 is 11.8 Å². The summed E-state index contributed by atoms with van der Waals surface area (Å²) < 4.78 is 12.5. The molecule has 1 aromatic heterocycles. The second kappa shape index (κ2) is 11.3. The van der Waals surface area contributed by atoms with Gasteiger partial charge in [0.25, 0.3) is 11.5 Å². The van der Waals surface area contributed by atoms with E-state index in [0.717, 1.165) is 31.2 Å². The van der Waals surface area contributed by atoms with Crippen LogP contribution in [0.2, 0.25) is 0 Å². The van der Waals surface area contributed by atoms with E-state index in [4.69, 9.17) is 14.5 Å². The quantitative estimate of drug-likeness (QED) is 0.234. The summed E-state index contributed by atoms with van der Waals surface area (Å²) in [6.07, 6.45) is 4.29. The number of benzene rings is 3. The minimum absolute atomic E-state index is 0.128. The SMILES string of the molecule is COc1cc(OC)cc(-n2c(SCc3cccc(C)c3)nc3cc(C(=O)NC4CCCC4)ccc3c2=O)c1. The summed E-state index contributed by atoms with van der Waals surface area (Å²) in [6.45, 7) is 2.05. The first-order valence-electron chi connectivity index (χ1n) is 12.7. The average Bonchev–Trinajstić information content (AvgIpc) is 3.44. The minimum Gasteiger partial charge on any atom is -0.497 e.